The van der Waals surface area contributed by atoms with Gasteiger partial charge in [-0.2, -0.15) is 5.10 Å². The minimum atomic E-state index is -0.353. The van der Waals surface area contributed by atoms with E-state index in [0.717, 1.165) is 16.1 Å². The average molecular weight is 463 g/mol. The van der Waals surface area contributed by atoms with Gasteiger partial charge in [-0.05, 0) is 32.0 Å². The lowest BCUT2D eigenvalue weighted by Crippen LogP contribution is -2.33. The third-order valence-corrected chi connectivity index (χ3v) is 6.67. The van der Waals surface area contributed by atoms with E-state index in [0.29, 0.717) is 27.8 Å². The number of hydrogen-bond acceptors (Lipinski definition) is 6. The minimum absolute atomic E-state index is 0.141. The zero-order valence-corrected chi connectivity index (χ0v) is 20.1. The van der Waals surface area contributed by atoms with Crippen molar-refractivity contribution in [2.75, 3.05) is 19.1 Å². The first kappa shape index (κ1) is 22.5. The van der Waals surface area contributed by atoms with Crippen LogP contribution in [0.5, 0.6) is 11.5 Å². The number of thiazole rings is 1. The van der Waals surface area contributed by atoms with E-state index < -0.39 is 0 Å². The van der Waals surface area contributed by atoms with Crippen molar-refractivity contribution in [3.8, 4) is 22.1 Å². The molecule has 8 heteroatoms. The number of aryl methyl sites for hydroxylation is 2. The average Bonchev–Trinajstić information content (AvgIpc) is 3.44. The van der Waals surface area contributed by atoms with Crippen molar-refractivity contribution >= 4 is 22.9 Å². The highest BCUT2D eigenvalue weighted by atomic mass is 32.1. The van der Waals surface area contributed by atoms with Gasteiger partial charge in [0.1, 0.15) is 21.4 Å². The molecule has 170 valence electrons. The molecule has 0 aliphatic carbocycles. The van der Waals surface area contributed by atoms with Gasteiger partial charge in [0.05, 0.1) is 37.8 Å². The first-order valence-electron chi connectivity index (χ1n) is 10.5. The number of methoxy groups -OCH3 is 2. The van der Waals surface area contributed by atoms with Crippen molar-refractivity contribution in [2.24, 2.45) is 7.05 Å². The summed E-state index contributed by atoms with van der Waals surface area (Å²) in [6.07, 6.45) is 3.52. The Hall–Kier alpha value is -3.65. The fourth-order valence-corrected chi connectivity index (χ4v) is 4.77. The number of carbonyl (C=O) groups excluding carboxylic acids is 1. The lowest BCUT2D eigenvalue weighted by Gasteiger charge is -2.29. The molecule has 0 aliphatic rings. The smallest absolute Gasteiger partial charge is 0.270 e. The molecule has 0 spiro atoms. The summed E-state index contributed by atoms with van der Waals surface area (Å²) in [5.41, 5.74) is 3.20. The number of benzene rings is 2. The van der Waals surface area contributed by atoms with Crippen LogP contribution in [0.4, 0.5) is 5.69 Å². The fraction of sp³-hybridized carbons (Fsp3) is 0.240. The molecule has 0 bridgehead atoms. The number of aromatic nitrogens is 3. The van der Waals surface area contributed by atoms with E-state index >= 15 is 0 Å². The lowest BCUT2D eigenvalue weighted by molar-refractivity contribution is 0.0981. The normalized spacial score (nSPS) is 11.8. The van der Waals surface area contributed by atoms with Crippen molar-refractivity contribution in [1.29, 1.82) is 0 Å². The van der Waals surface area contributed by atoms with Gasteiger partial charge in [0.25, 0.3) is 5.91 Å². The summed E-state index contributed by atoms with van der Waals surface area (Å²) < 4.78 is 12.7. The van der Waals surface area contributed by atoms with Crippen molar-refractivity contribution in [3.63, 3.8) is 0 Å². The number of amides is 1. The van der Waals surface area contributed by atoms with E-state index in [9.17, 15) is 4.79 Å². The van der Waals surface area contributed by atoms with Gasteiger partial charge in [-0.1, -0.05) is 30.3 Å². The van der Waals surface area contributed by atoms with Gasteiger partial charge in [-0.15, -0.1) is 11.3 Å². The van der Waals surface area contributed by atoms with Crippen LogP contribution in [-0.4, -0.2) is 34.9 Å². The number of ether oxygens (including phenoxy) is 2. The van der Waals surface area contributed by atoms with E-state index in [4.69, 9.17) is 9.47 Å². The maximum Gasteiger partial charge on any atom is 0.270 e. The van der Waals surface area contributed by atoms with Gasteiger partial charge < -0.3 is 9.47 Å². The maximum atomic E-state index is 14.0. The van der Waals surface area contributed by atoms with Crippen molar-refractivity contribution in [1.82, 2.24) is 14.8 Å². The number of rotatable bonds is 7. The van der Waals surface area contributed by atoms with Crippen LogP contribution in [-0.2, 0) is 7.05 Å². The number of carbonyl (C=O) groups is 1. The molecular formula is C25H26N4O3S. The molecule has 0 fully saturated rings. The Labute approximate surface area is 197 Å². The van der Waals surface area contributed by atoms with Gasteiger partial charge in [0.15, 0.2) is 0 Å². The predicted molar refractivity (Wildman–Crippen MR) is 130 cm³/mol. The molecule has 2 aromatic heterocycles. The molecular weight excluding hydrogens is 436 g/mol. The second-order valence-corrected chi connectivity index (χ2v) is 8.63. The fourth-order valence-electron chi connectivity index (χ4n) is 3.76. The zero-order valence-electron chi connectivity index (χ0n) is 19.3. The molecule has 0 N–H and O–H groups in total. The Balaban J connectivity index is 1.80. The molecule has 0 saturated heterocycles. The van der Waals surface area contributed by atoms with Crippen LogP contribution in [0, 0.1) is 6.92 Å². The molecule has 0 radical (unpaired) electrons. The molecule has 4 aromatic rings. The zero-order chi connectivity index (χ0) is 23.5. The van der Waals surface area contributed by atoms with Crippen molar-refractivity contribution in [3.05, 3.63) is 77.1 Å². The quantitative estimate of drug-likeness (QED) is 0.374. The second kappa shape index (κ2) is 9.46. The van der Waals surface area contributed by atoms with Gasteiger partial charge in [0.2, 0.25) is 0 Å². The second-order valence-electron chi connectivity index (χ2n) is 7.63. The SMILES string of the molecule is COc1ccc(OC)c([C@H](C)N(C(=O)c2sc(-c3ccccc3)nc2C)c2cnn(C)c2)c1. The van der Waals surface area contributed by atoms with E-state index in [2.05, 4.69) is 10.1 Å². The number of nitrogens with zero attached hydrogens (tertiary/aromatic N) is 4. The van der Waals surface area contributed by atoms with Crippen LogP contribution in [0.25, 0.3) is 10.6 Å². The largest absolute Gasteiger partial charge is 0.497 e. The molecule has 1 atom stereocenters. The van der Waals surface area contributed by atoms with Crippen molar-refractivity contribution < 1.29 is 14.3 Å². The molecule has 2 aromatic carbocycles. The van der Waals surface area contributed by atoms with E-state index in [1.807, 2.05) is 75.6 Å². The molecule has 1 amide bonds. The maximum absolute atomic E-state index is 14.0. The summed E-state index contributed by atoms with van der Waals surface area (Å²) in [4.78, 5) is 21.0. The lowest BCUT2D eigenvalue weighted by atomic mass is 10.0. The Bertz CT molecular complexity index is 1270. The molecule has 4 rings (SSSR count). The highest BCUT2D eigenvalue weighted by Crippen LogP contribution is 2.37. The van der Waals surface area contributed by atoms with Crippen LogP contribution in [0.2, 0.25) is 0 Å². The number of anilines is 1. The first-order valence-corrected chi connectivity index (χ1v) is 11.3. The van der Waals surface area contributed by atoms with E-state index in [1.54, 1.807) is 30.0 Å². The van der Waals surface area contributed by atoms with Gasteiger partial charge in [-0.25, -0.2) is 4.98 Å². The Morgan fingerprint density at radius 2 is 1.88 bits per heavy atom. The monoisotopic (exact) mass is 462 g/mol. The van der Waals surface area contributed by atoms with Gasteiger partial charge in [-0.3, -0.25) is 14.4 Å². The van der Waals surface area contributed by atoms with Gasteiger partial charge >= 0.3 is 0 Å². The highest BCUT2D eigenvalue weighted by molar-refractivity contribution is 7.17. The third kappa shape index (κ3) is 4.47. The molecule has 2 heterocycles. The Kier molecular flexibility index (Phi) is 6.46. The van der Waals surface area contributed by atoms with Crippen LogP contribution < -0.4 is 14.4 Å². The molecule has 33 heavy (non-hydrogen) atoms. The topological polar surface area (TPSA) is 69.5 Å². The van der Waals surface area contributed by atoms with Crippen molar-refractivity contribution in [2.45, 2.75) is 19.9 Å². The van der Waals surface area contributed by atoms with Crippen LogP contribution in [0.1, 0.15) is 33.9 Å². The summed E-state index contributed by atoms with van der Waals surface area (Å²) in [6.45, 7) is 3.84. The Morgan fingerprint density at radius 3 is 2.52 bits per heavy atom. The molecule has 0 saturated carbocycles. The van der Waals surface area contributed by atoms with E-state index in [1.165, 1.54) is 11.3 Å². The summed E-state index contributed by atoms with van der Waals surface area (Å²) in [6, 6.07) is 15.1. The standard InChI is InChI=1S/C25H26N4O3S/c1-16-23(33-24(27-16)18-9-7-6-8-10-18)25(30)29(19-14-26-28(3)15-19)17(2)21-13-20(31-4)11-12-22(21)32-5/h6-15,17H,1-5H3/t17-/m0/s1. The first-order chi connectivity index (χ1) is 15.9. The van der Waals surface area contributed by atoms with Crippen LogP contribution in [0.15, 0.2) is 60.9 Å². The van der Waals surface area contributed by atoms with Gasteiger partial charge in [0, 0.05) is 24.4 Å². The number of hydrogen-bond donors (Lipinski definition) is 0. The van der Waals surface area contributed by atoms with E-state index in [-0.39, 0.29) is 11.9 Å². The summed E-state index contributed by atoms with van der Waals surface area (Å²) in [5.74, 6) is 1.23. The third-order valence-electron chi connectivity index (χ3n) is 5.47. The summed E-state index contributed by atoms with van der Waals surface area (Å²) in [7, 11) is 5.06. The van der Waals surface area contributed by atoms with Crippen LogP contribution in [0.3, 0.4) is 0 Å². The molecule has 7 nitrogen and oxygen atoms in total. The molecule has 0 aliphatic heterocycles. The highest BCUT2D eigenvalue weighted by Gasteiger charge is 2.30. The predicted octanol–water partition coefficient (Wildman–Crippen LogP) is 5.28. The minimum Gasteiger partial charge on any atom is -0.497 e. The summed E-state index contributed by atoms with van der Waals surface area (Å²) >= 11 is 1.40. The molecule has 0 unspecified atom stereocenters. The van der Waals surface area contributed by atoms with Crippen LogP contribution >= 0.6 is 11.3 Å². The summed E-state index contributed by atoms with van der Waals surface area (Å²) in [5, 5.41) is 5.11. The Morgan fingerprint density at radius 1 is 1.12 bits per heavy atom.